The van der Waals surface area contributed by atoms with Crippen molar-refractivity contribution in [2.75, 3.05) is 7.11 Å². The summed E-state index contributed by atoms with van der Waals surface area (Å²) >= 11 is 0. The van der Waals surface area contributed by atoms with Crippen molar-refractivity contribution < 1.29 is 14.4 Å². The molecule has 2 N–H and O–H groups in total. The largest absolute Gasteiger partial charge is 0.497 e. The molecule has 0 saturated heterocycles. The quantitative estimate of drug-likeness (QED) is 0.839. The zero-order valence-corrected chi connectivity index (χ0v) is 9.97. The van der Waals surface area contributed by atoms with Gasteiger partial charge in [-0.3, -0.25) is 4.79 Å². The fraction of sp³-hybridized carbons (Fsp3) is 0.154. The van der Waals surface area contributed by atoms with Gasteiger partial charge in [0.15, 0.2) is 0 Å². The van der Waals surface area contributed by atoms with Gasteiger partial charge in [-0.05, 0) is 29.8 Å². The number of ether oxygens (including phenoxy) is 1. The molecule has 1 aliphatic rings. The van der Waals surface area contributed by atoms with Crippen LogP contribution in [0.3, 0.4) is 0 Å². The van der Waals surface area contributed by atoms with Crippen molar-refractivity contribution in [1.29, 1.82) is 0 Å². The minimum atomic E-state index is -0.261. The number of hydroxylamine groups is 1. The fourth-order valence-corrected chi connectivity index (χ4v) is 1.44. The van der Waals surface area contributed by atoms with Gasteiger partial charge in [0.25, 0.3) is 5.91 Å². The molecule has 5 nitrogen and oxygen atoms in total. The lowest BCUT2D eigenvalue weighted by molar-refractivity contribution is -0.122. The van der Waals surface area contributed by atoms with Gasteiger partial charge >= 0.3 is 0 Å². The highest BCUT2D eigenvalue weighted by atomic mass is 16.7. The first kappa shape index (κ1) is 12.0. The summed E-state index contributed by atoms with van der Waals surface area (Å²) in [7, 11) is 1.62. The van der Waals surface area contributed by atoms with Gasteiger partial charge in [-0.1, -0.05) is 12.1 Å². The zero-order valence-electron chi connectivity index (χ0n) is 9.97. The number of rotatable bonds is 4. The Kier molecular flexibility index (Phi) is 3.86. The SMILES string of the molecule is COc1ccc(CNC(=O)C2=CC=CNO2)cc1. The number of hydrogen-bond acceptors (Lipinski definition) is 4. The molecular formula is C13H14N2O3. The van der Waals surface area contributed by atoms with Crippen molar-refractivity contribution in [3.05, 3.63) is 53.9 Å². The second kappa shape index (κ2) is 5.77. The summed E-state index contributed by atoms with van der Waals surface area (Å²) in [5, 5.41) is 2.76. The van der Waals surface area contributed by atoms with E-state index in [1.807, 2.05) is 24.3 Å². The second-order valence-electron chi connectivity index (χ2n) is 3.64. The van der Waals surface area contributed by atoms with E-state index in [1.165, 1.54) is 0 Å². The summed E-state index contributed by atoms with van der Waals surface area (Å²) in [6.45, 7) is 0.438. The molecule has 1 aromatic rings. The Morgan fingerprint density at radius 2 is 2.17 bits per heavy atom. The predicted octanol–water partition coefficient (Wildman–Crippen LogP) is 1.24. The molecule has 0 aromatic heterocycles. The van der Waals surface area contributed by atoms with Crippen LogP contribution in [0.5, 0.6) is 5.75 Å². The summed E-state index contributed by atoms with van der Waals surface area (Å²) in [4.78, 5) is 16.6. The number of nitrogens with one attached hydrogen (secondary N) is 2. The van der Waals surface area contributed by atoms with E-state index < -0.39 is 0 Å². The smallest absolute Gasteiger partial charge is 0.289 e. The van der Waals surface area contributed by atoms with Gasteiger partial charge in [0.1, 0.15) is 5.75 Å². The summed E-state index contributed by atoms with van der Waals surface area (Å²) in [5.74, 6) is 0.770. The minimum Gasteiger partial charge on any atom is -0.497 e. The number of carbonyl (C=O) groups excluding carboxylic acids is 1. The molecule has 18 heavy (non-hydrogen) atoms. The van der Waals surface area contributed by atoms with Crippen LogP contribution in [-0.4, -0.2) is 13.0 Å². The van der Waals surface area contributed by atoms with E-state index in [-0.39, 0.29) is 11.7 Å². The van der Waals surface area contributed by atoms with E-state index in [4.69, 9.17) is 9.57 Å². The van der Waals surface area contributed by atoms with Crippen molar-refractivity contribution in [2.45, 2.75) is 6.54 Å². The Morgan fingerprint density at radius 3 is 2.78 bits per heavy atom. The third-order valence-corrected chi connectivity index (χ3v) is 2.42. The first-order valence-electron chi connectivity index (χ1n) is 5.50. The van der Waals surface area contributed by atoms with Crippen LogP contribution >= 0.6 is 0 Å². The van der Waals surface area contributed by atoms with Crippen LogP contribution in [0.4, 0.5) is 0 Å². The zero-order chi connectivity index (χ0) is 12.8. The minimum absolute atomic E-state index is 0.242. The monoisotopic (exact) mass is 246 g/mol. The summed E-state index contributed by atoms with van der Waals surface area (Å²) < 4.78 is 5.06. The Morgan fingerprint density at radius 1 is 1.39 bits per heavy atom. The summed E-state index contributed by atoms with van der Waals surface area (Å²) in [5.41, 5.74) is 3.49. The molecule has 0 atom stereocenters. The van der Waals surface area contributed by atoms with Crippen LogP contribution in [0.2, 0.25) is 0 Å². The van der Waals surface area contributed by atoms with E-state index in [1.54, 1.807) is 25.5 Å². The standard InChI is InChI=1S/C13H14N2O3/c1-17-11-6-4-10(5-7-11)9-14-13(16)12-3-2-8-15-18-12/h2-8,15H,9H2,1H3,(H,14,16). The van der Waals surface area contributed by atoms with Crippen molar-refractivity contribution in [1.82, 2.24) is 10.8 Å². The third-order valence-electron chi connectivity index (χ3n) is 2.42. The van der Waals surface area contributed by atoms with Crippen LogP contribution in [0.1, 0.15) is 5.56 Å². The topological polar surface area (TPSA) is 59.6 Å². The van der Waals surface area contributed by atoms with E-state index in [2.05, 4.69) is 10.8 Å². The molecule has 0 spiro atoms. The number of carbonyl (C=O) groups is 1. The molecule has 0 radical (unpaired) electrons. The first-order valence-corrected chi connectivity index (χ1v) is 5.50. The molecule has 1 aromatic carbocycles. The Balaban J connectivity index is 1.88. The molecule has 1 aliphatic heterocycles. The molecule has 94 valence electrons. The van der Waals surface area contributed by atoms with Gasteiger partial charge in [-0.2, -0.15) is 0 Å². The van der Waals surface area contributed by atoms with Crippen LogP contribution in [0.25, 0.3) is 0 Å². The normalized spacial score (nSPS) is 13.1. The van der Waals surface area contributed by atoms with E-state index in [0.717, 1.165) is 11.3 Å². The summed E-state index contributed by atoms with van der Waals surface area (Å²) in [6.07, 6.45) is 4.89. The number of allylic oxidation sites excluding steroid dienone is 2. The third kappa shape index (κ3) is 3.04. The van der Waals surface area contributed by atoms with Gasteiger partial charge in [-0.25, -0.2) is 5.48 Å². The Hall–Kier alpha value is -2.43. The molecule has 0 aliphatic carbocycles. The average molecular weight is 246 g/mol. The lowest BCUT2D eigenvalue weighted by Gasteiger charge is -2.11. The number of amides is 1. The van der Waals surface area contributed by atoms with Gasteiger partial charge < -0.3 is 14.9 Å². The van der Waals surface area contributed by atoms with Crippen molar-refractivity contribution in [2.24, 2.45) is 0 Å². The molecule has 2 rings (SSSR count). The second-order valence-corrected chi connectivity index (χ2v) is 3.64. The Labute approximate surface area is 105 Å². The number of hydrogen-bond donors (Lipinski definition) is 2. The van der Waals surface area contributed by atoms with Crippen molar-refractivity contribution in [3.63, 3.8) is 0 Å². The number of benzene rings is 1. The van der Waals surface area contributed by atoms with Gasteiger partial charge in [0.05, 0.1) is 7.11 Å². The highest BCUT2D eigenvalue weighted by Crippen LogP contribution is 2.11. The Bertz CT molecular complexity index is 478. The highest BCUT2D eigenvalue weighted by molar-refractivity contribution is 5.91. The fourth-order valence-electron chi connectivity index (χ4n) is 1.44. The van der Waals surface area contributed by atoms with Gasteiger partial charge in [-0.15, -0.1) is 0 Å². The molecule has 0 unspecified atom stereocenters. The molecule has 5 heteroatoms. The van der Waals surface area contributed by atoms with E-state index in [0.29, 0.717) is 6.54 Å². The van der Waals surface area contributed by atoms with Crippen LogP contribution in [-0.2, 0) is 16.2 Å². The van der Waals surface area contributed by atoms with Crippen LogP contribution < -0.4 is 15.5 Å². The molecule has 0 fully saturated rings. The maximum Gasteiger partial charge on any atom is 0.289 e. The maximum atomic E-state index is 11.7. The lowest BCUT2D eigenvalue weighted by Crippen LogP contribution is -2.28. The first-order chi connectivity index (χ1) is 8.79. The number of methoxy groups -OCH3 is 1. The summed E-state index contributed by atoms with van der Waals surface area (Å²) in [6, 6.07) is 7.49. The molecule has 0 saturated carbocycles. The maximum absolute atomic E-state index is 11.7. The average Bonchev–Trinajstić information content (AvgIpc) is 2.46. The highest BCUT2D eigenvalue weighted by Gasteiger charge is 2.11. The van der Waals surface area contributed by atoms with Crippen LogP contribution in [0.15, 0.2) is 48.4 Å². The molecular weight excluding hydrogens is 232 g/mol. The molecule has 1 amide bonds. The van der Waals surface area contributed by atoms with Gasteiger partial charge in [0, 0.05) is 12.7 Å². The van der Waals surface area contributed by atoms with E-state index >= 15 is 0 Å². The van der Waals surface area contributed by atoms with Crippen molar-refractivity contribution >= 4 is 5.91 Å². The van der Waals surface area contributed by atoms with E-state index in [9.17, 15) is 4.79 Å². The van der Waals surface area contributed by atoms with Crippen LogP contribution in [0, 0.1) is 0 Å². The van der Waals surface area contributed by atoms with Crippen molar-refractivity contribution in [3.8, 4) is 5.75 Å². The predicted molar refractivity (Wildman–Crippen MR) is 66.3 cm³/mol. The van der Waals surface area contributed by atoms with Gasteiger partial charge in [0.2, 0.25) is 5.76 Å². The molecule has 0 bridgehead atoms. The lowest BCUT2D eigenvalue weighted by atomic mass is 10.2. The molecule has 1 heterocycles.